The third-order valence-corrected chi connectivity index (χ3v) is 5.66. The predicted octanol–water partition coefficient (Wildman–Crippen LogP) is 3.21. The highest BCUT2D eigenvalue weighted by atomic mass is 35.5. The molecule has 3 N–H and O–H groups in total. The minimum atomic E-state index is -0.477. The lowest BCUT2D eigenvalue weighted by molar-refractivity contribution is 0.122. The number of morpholine rings is 1. The highest BCUT2D eigenvalue weighted by molar-refractivity contribution is 6.34. The molecule has 0 unspecified atom stereocenters. The number of hydrogen-bond acceptors (Lipinski definition) is 8. The average Bonchev–Trinajstić information content (AvgIpc) is 3.28. The van der Waals surface area contributed by atoms with Crippen LogP contribution in [0.5, 0.6) is 5.75 Å². The second-order valence-electron chi connectivity index (χ2n) is 7.22. The van der Waals surface area contributed by atoms with Gasteiger partial charge in [0.2, 0.25) is 5.65 Å². The van der Waals surface area contributed by atoms with Crippen LogP contribution in [0.15, 0.2) is 36.5 Å². The number of benzene rings is 1. The number of H-pyrrole nitrogens is 1. The van der Waals surface area contributed by atoms with Crippen LogP contribution in [0, 0.1) is 5.82 Å². The molecule has 0 bridgehead atoms. The van der Waals surface area contributed by atoms with Crippen LogP contribution in [0.1, 0.15) is 5.56 Å². The van der Waals surface area contributed by atoms with Crippen LogP contribution in [0.3, 0.4) is 0 Å². The van der Waals surface area contributed by atoms with E-state index in [1.165, 1.54) is 12.1 Å². The quantitative estimate of drug-likeness (QED) is 0.471. The highest BCUT2D eigenvalue weighted by Gasteiger charge is 2.17. The van der Waals surface area contributed by atoms with Gasteiger partial charge in [-0.25, -0.2) is 14.4 Å². The predicted molar refractivity (Wildman–Crippen MR) is 118 cm³/mol. The average molecular weight is 456 g/mol. The fourth-order valence-corrected chi connectivity index (χ4v) is 3.88. The molecule has 1 saturated heterocycles. The van der Waals surface area contributed by atoms with Crippen molar-refractivity contribution in [2.24, 2.45) is 0 Å². The van der Waals surface area contributed by atoms with Gasteiger partial charge >= 0.3 is 0 Å². The Morgan fingerprint density at radius 1 is 1.19 bits per heavy atom. The van der Waals surface area contributed by atoms with Crippen molar-refractivity contribution < 1.29 is 13.9 Å². The van der Waals surface area contributed by atoms with Gasteiger partial charge in [0.25, 0.3) is 0 Å². The summed E-state index contributed by atoms with van der Waals surface area (Å²) in [4.78, 5) is 10.8. The summed E-state index contributed by atoms with van der Waals surface area (Å²) in [6, 6.07) is 8.35. The minimum absolute atomic E-state index is 0.122. The normalized spacial score (nSPS) is 14.1. The number of aromatic nitrogens is 5. The number of aromatic amines is 1. The number of halogens is 2. The van der Waals surface area contributed by atoms with E-state index >= 15 is 0 Å². The van der Waals surface area contributed by atoms with Crippen LogP contribution in [-0.4, -0.2) is 51.7 Å². The van der Waals surface area contributed by atoms with E-state index in [0.717, 1.165) is 24.5 Å². The van der Waals surface area contributed by atoms with E-state index in [-0.39, 0.29) is 23.0 Å². The highest BCUT2D eigenvalue weighted by Crippen LogP contribution is 2.34. The Morgan fingerprint density at radius 3 is 2.81 bits per heavy atom. The summed E-state index contributed by atoms with van der Waals surface area (Å²) in [6.07, 6.45) is 1.73. The van der Waals surface area contributed by atoms with E-state index in [4.69, 9.17) is 26.8 Å². The summed E-state index contributed by atoms with van der Waals surface area (Å²) < 4.78 is 25.8. The molecule has 164 valence electrons. The summed E-state index contributed by atoms with van der Waals surface area (Å²) >= 11 is 6.59. The number of rotatable bonds is 5. The van der Waals surface area contributed by atoms with Crippen LogP contribution in [0.25, 0.3) is 22.3 Å². The van der Waals surface area contributed by atoms with Gasteiger partial charge in [0.15, 0.2) is 11.3 Å². The Bertz CT molecular complexity index is 1260. The molecule has 0 radical (unpaired) electrons. The van der Waals surface area contributed by atoms with E-state index in [1.54, 1.807) is 12.3 Å². The maximum atomic E-state index is 14.6. The van der Waals surface area contributed by atoms with E-state index in [2.05, 4.69) is 30.3 Å². The lowest BCUT2D eigenvalue weighted by atomic mass is 10.0. The molecule has 1 aliphatic heterocycles. The van der Waals surface area contributed by atoms with Crippen molar-refractivity contribution in [3.63, 3.8) is 0 Å². The first-order chi connectivity index (χ1) is 15.6. The number of nitrogens with one attached hydrogen (secondary N) is 1. The molecule has 3 aromatic heterocycles. The first-order valence-electron chi connectivity index (χ1n) is 9.96. The molecule has 0 spiro atoms. The van der Waals surface area contributed by atoms with Gasteiger partial charge in [-0.15, -0.1) is 5.10 Å². The first-order valence-corrected chi connectivity index (χ1v) is 10.3. The lowest BCUT2D eigenvalue weighted by Crippen LogP contribution is -2.36. The molecule has 1 fully saturated rings. The minimum Gasteiger partial charge on any atom is -0.486 e. The van der Waals surface area contributed by atoms with E-state index in [0.29, 0.717) is 35.7 Å². The fraction of sp³-hybridized carbons (Fsp3) is 0.238. The molecule has 32 heavy (non-hydrogen) atoms. The molecule has 11 heteroatoms. The van der Waals surface area contributed by atoms with Crippen molar-refractivity contribution in [1.82, 2.24) is 25.4 Å². The molecule has 9 nitrogen and oxygen atoms in total. The standard InChI is InChI=1S/C21H19ClFN7O2/c22-19-13(12-1-4-18(25-10-12)30-5-7-31-8-6-30)2-3-15(23)14(19)11-32-16-9-17(24)26-21-20(16)27-29-28-21/h1-4,9-10H,5-8,11H2,(H3,24,26,27,28,29). The molecule has 0 aliphatic carbocycles. The molecule has 0 amide bonds. The van der Waals surface area contributed by atoms with Gasteiger partial charge in [-0.2, -0.15) is 10.3 Å². The third kappa shape index (κ3) is 3.90. The molecule has 1 aliphatic rings. The number of nitrogens with two attached hydrogens (primary N) is 1. The summed E-state index contributed by atoms with van der Waals surface area (Å²) in [5.74, 6) is 0.938. The Balaban J connectivity index is 1.40. The van der Waals surface area contributed by atoms with Gasteiger partial charge in [0.05, 0.1) is 18.2 Å². The summed E-state index contributed by atoms with van der Waals surface area (Å²) in [5.41, 5.74) is 8.15. The van der Waals surface area contributed by atoms with Gasteiger partial charge in [0, 0.05) is 42.0 Å². The van der Waals surface area contributed by atoms with E-state index in [9.17, 15) is 4.39 Å². The van der Waals surface area contributed by atoms with Gasteiger partial charge in [-0.05, 0) is 24.3 Å². The lowest BCUT2D eigenvalue weighted by Gasteiger charge is -2.27. The van der Waals surface area contributed by atoms with E-state index in [1.807, 2.05) is 12.1 Å². The Kier molecular flexibility index (Phi) is 5.46. The van der Waals surface area contributed by atoms with Crippen LogP contribution in [-0.2, 0) is 11.3 Å². The Morgan fingerprint density at radius 2 is 2.03 bits per heavy atom. The molecule has 1 aromatic carbocycles. The number of nitrogen functional groups attached to an aromatic ring is 1. The second-order valence-corrected chi connectivity index (χ2v) is 7.60. The molecule has 0 saturated carbocycles. The molecular weight excluding hydrogens is 437 g/mol. The summed E-state index contributed by atoms with van der Waals surface area (Å²) in [5, 5.41) is 10.6. The van der Waals surface area contributed by atoms with Crippen molar-refractivity contribution in [2.75, 3.05) is 36.9 Å². The largest absolute Gasteiger partial charge is 0.486 e. The van der Waals surface area contributed by atoms with Crippen molar-refractivity contribution in [1.29, 1.82) is 0 Å². The van der Waals surface area contributed by atoms with Crippen molar-refractivity contribution in [3.8, 4) is 16.9 Å². The number of fused-ring (bicyclic) bond motifs is 1. The van der Waals surface area contributed by atoms with Crippen molar-refractivity contribution in [2.45, 2.75) is 6.61 Å². The SMILES string of the molecule is Nc1cc(OCc2c(F)ccc(-c3ccc(N4CCOCC4)nc3)c2Cl)c2n[nH]nc2n1. The van der Waals surface area contributed by atoms with Crippen molar-refractivity contribution >= 4 is 34.4 Å². The smallest absolute Gasteiger partial charge is 0.207 e. The topological polar surface area (TPSA) is 115 Å². The molecule has 5 rings (SSSR count). The zero-order valence-electron chi connectivity index (χ0n) is 16.9. The van der Waals surface area contributed by atoms with Crippen LogP contribution < -0.4 is 15.4 Å². The van der Waals surface area contributed by atoms with Gasteiger partial charge < -0.3 is 20.1 Å². The number of pyridine rings is 2. The second kappa shape index (κ2) is 8.56. The zero-order chi connectivity index (χ0) is 22.1. The van der Waals surface area contributed by atoms with Crippen LogP contribution in [0.4, 0.5) is 16.0 Å². The number of anilines is 2. The first kappa shape index (κ1) is 20.4. The van der Waals surface area contributed by atoms with Crippen LogP contribution in [0.2, 0.25) is 5.02 Å². The maximum absolute atomic E-state index is 14.6. The van der Waals surface area contributed by atoms with Gasteiger partial charge in [-0.1, -0.05) is 11.6 Å². The van der Waals surface area contributed by atoms with Gasteiger partial charge in [0.1, 0.15) is 24.1 Å². The number of ether oxygens (including phenoxy) is 2. The van der Waals surface area contributed by atoms with E-state index < -0.39 is 5.82 Å². The van der Waals surface area contributed by atoms with Gasteiger partial charge in [-0.3, -0.25) is 0 Å². The van der Waals surface area contributed by atoms with Crippen molar-refractivity contribution in [3.05, 3.63) is 52.9 Å². The number of nitrogens with zero attached hydrogens (tertiary/aromatic N) is 5. The Hall–Kier alpha value is -3.50. The fourth-order valence-electron chi connectivity index (χ4n) is 3.56. The summed E-state index contributed by atoms with van der Waals surface area (Å²) in [7, 11) is 0. The Labute approximate surface area is 187 Å². The van der Waals surface area contributed by atoms with Crippen LogP contribution >= 0.6 is 11.6 Å². The third-order valence-electron chi connectivity index (χ3n) is 5.23. The molecule has 4 heterocycles. The zero-order valence-corrected chi connectivity index (χ0v) is 17.6. The monoisotopic (exact) mass is 455 g/mol. The maximum Gasteiger partial charge on any atom is 0.207 e. The molecule has 0 atom stereocenters. The summed E-state index contributed by atoms with van der Waals surface area (Å²) in [6.45, 7) is 2.83. The number of hydrogen-bond donors (Lipinski definition) is 2. The molecule has 4 aromatic rings. The molecular formula is C21H19ClFN7O2.